The van der Waals surface area contributed by atoms with Gasteiger partial charge in [0.1, 0.15) is 23.9 Å². The van der Waals surface area contributed by atoms with Crippen LogP contribution in [0, 0.1) is 24.0 Å². The zero-order valence-electron chi connectivity index (χ0n) is 14.3. The molecule has 0 N–H and O–H groups in total. The number of halogens is 2. The summed E-state index contributed by atoms with van der Waals surface area (Å²) in [5.41, 5.74) is 0.760. The lowest BCUT2D eigenvalue weighted by Gasteiger charge is -2.07. The minimum Gasteiger partial charge on any atom is -0.481 e. The molecule has 1 aliphatic rings. The van der Waals surface area contributed by atoms with Crippen molar-refractivity contribution in [2.75, 3.05) is 13.7 Å². The average Bonchev–Trinajstić information content (AvgIpc) is 2.91. The molecular formula is C20H14F2N2O2S. The number of likely N-dealkylation sites (N-methyl/N-ethyl adjacent to an activating group) is 1. The van der Waals surface area contributed by atoms with E-state index >= 15 is 0 Å². The van der Waals surface area contributed by atoms with Gasteiger partial charge in [-0.3, -0.25) is 9.69 Å². The van der Waals surface area contributed by atoms with Crippen LogP contribution in [0.2, 0.25) is 0 Å². The summed E-state index contributed by atoms with van der Waals surface area (Å²) in [6, 6.07) is 10.2. The molecule has 0 saturated carbocycles. The molecule has 1 fully saturated rings. The number of amides is 1. The fraction of sp³-hybridized carbons (Fsp3) is 0.100. The number of terminal acetylenes is 1. The number of hydrogen-bond donors (Lipinski definition) is 0. The van der Waals surface area contributed by atoms with Crippen molar-refractivity contribution in [2.45, 2.75) is 0 Å². The second-order valence-electron chi connectivity index (χ2n) is 5.53. The van der Waals surface area contributed by atoms with Gasteiger partial charge in [-0.1, -0.05) is 18.1 Å². The summed E-state index contributed by atoms with van der Waals surface area (Å²) in [6.45, 7) is 0.180. The van der Waals surface area contributed by atoms with Gasteiger partial charge in [-0.2, -0.15) is 0 Å². The second-order valence-corrected chi connectivity index (χ2v) is 6.54. The molecule has 1 amide bonds. The van der Waals surface area contributed by atoms with Crippen molar-refractivity contribution in [1.29, 1.82) is 0 Å². The summed E-state index contributed by atoms with van der Waals surface area (Å²) in [5, 5.41) is 0.311. The van der Waals surface area contributed by atoms with Crippen molar-refractivity contribution in [1.82, 2.24) is 4.90 Å². The smallest absolute Gasteiger partial charge is 0.266 e. The van der Waals surface area contributed by atoms with Gasteiger partial charge in [0.25, 0.3) is 5.91 Å². The standard InChI is InChI=1S/C20H14F2N2O2S/c1-3-10-26-15-7-4-13(5-8-15)11-18-19(25)24(2)20(27-18)23-17-9-6-14(21)12-16(17)22/h1,4-9,11-12H,10H2,2H3/b18-11-,23-20?. The number of thioether (sulfide) groups is 1. The average molecular weight is 384 g/mol. The molecule has 3 rings (SSSR count). The lowest BCUT2D eigenvalue weighted by atomic mass is 10.2. The van der Waals surface area contributed by atoms with Crippen molar-refractivity contribution in [2.24, 2.45) is 4.99 Å². The van der Waals surface area contributed by atoms with Crippen LogP contribution < -0.4 is 4.74 Å². The van der Waals surface area contributed by atoms with E-state index in [0.717, 1.165) is 29.5 Å². The maximum Gasteiger partial charge on any atom is 0.266 e. The van der Waals surface area contributed by atoms with Crippen molar-refractivity contribution in [3.63, 3.8) is 0 Å². The van der Waals surface area contributed by atoms with Gasteiger partial charge < -0.3 is 4.74 Å². The topological polar surface area (TPSA) is 41.9 Å². The lowest BCUT2D eigenvalue weighted by Crippen LogP contribution is -2.23. The summed E-state index contributed by atoms with van der Waals surface area (Å²) >= 11 is 1.12. The predicted molar refractivity (Wildman–Crippen MR) is 103 cm³/mol. The first-order valence-corrected chi connectivity index (χ1v) is 8.67. The van der Waals surface area contributed by atoms with E-state index in [1.165, 1.54) is 11.0 Å². The Balaban J connectivity index is 1.82. The van der Waals surface area contributed by atoms with E-state index in [1.54, 1.807) is 37.4 Å². The van der Waals surface area contributed by atoms with Crippen molar-refractivity contribution < 1.29 is 18.3 Å². The highest BCUT2D eigenvalue weighted by Gasteiger charge is 2.30. The number of benzene rings is 2. The number of carbonyl (C=O) groups is 1. The Bertz CT molecular complexity index is 978. The number of nitrogens with zero attached hydrogens (tertiary/aromatic N) is 2. The van der Waals surface area contributed by atoms with Crippen LogP contribution in [-0.2, 0) is 4.79 Å². The highest BCUT2D eigenvalue weighted by molar-refractivity contribution is 8.18. The van der Waals surface area contributed by atoms with Gasteiger partial charge in [-0.15, -0.1) is 6.42 Å². The first-order valence-electron chi connectivity index (χ1n) is 7.85. The van der Waals surface area contributed by atoms with Crippen LogP contribution in [0.25, 0.3) is 6.08 Å². The Morgan fingerprint density at radius 2 is 2.00 bits per heavy atom. The molecule has 1 aliphatic heterocycles. The summed E-state index contributed by atoms with van der Waals surface area (Å²) in [4.78, 5) is 18.3. The van der Waals surface area contributed by atoms with Crippen LogP contribution in [0.4, 0.5) is 14.5 Å². The molecule has 7 heteroatoms. The van der Waals surface area contributed by atoms with Crippen molar-refractivity contribution in [3.05, 3.63) is 64.6 Å². The third-order valence-electron chi connectivity index (χ3n) is 3.63. The molecule has 0 radical (unpaired) electrons. The second kappa shape index (κ2) is 8.06. The zero-order valence-corrected chi connectivity index (χ0v) is 15.1. The van der Waals surface area contributed by atoms with Crippen LogP contribution in [0.5, 0.6) is 5.75 Å². The van der Waals surface area contributed by atoms with E-state index in [1.807, 2.05) is 0 Å². The minimum atomic E-state index is -0.788. The van der Waals surface area contributed by atoms with Crippen LogP contribution in [0.1, 0.15) is 5.56 Å². The predicted octanol–water partition coefficient (Wildman–Crippen LogP) is 4.21. The number of carbonyl (C=O) groups excluding carboxylic acids is 1. The number of hydrogen-bond acceptors (Lipinski definition) is 4. The quantitative estimate of drug-likeness (QED) is 0.586. The van der Waals surface area contributed by atoms with E-state index in [2.05, 4.69) is 10.9 Å². The first-order chi connectivity index (χ1) is 13.0. The number of aliphatic imine (C=N–C) groups is 1. The molecule has 0 spiro atoms. The fourth-order valence-electron chi connectivity index (χ4n) is 2.26. The molecule has 2 aromatic carbocycles. The summed E-state index contributed by atoms with van der Waals surface area (Å²) in [7, 11) is 1.55. The molecule has 27 heavy (non-hydrogen) atoms. The Morgan fingerprint density at radius 1 is 1.26 bits per heavy atom. The van der Waals surface area contributed by atoms with Crippen LogP contribution in [0.15, 0.2) is 52.4 Å². The monoisotopic (exact) mass is 384 g/mol. The Hall–Kier alpha value is -3.11. The molecule has 0 atom stereocenters. The van der Waals surface area contributed by atoms with Gasteiger partial charge in [0.05, 0.1) is 4.91 Å². The number of ether oxygens (including phenoxy) is 1. The molecule has 0 aliphatic carbocycles. The summed E-state index contributed by atoms with van der Waals surface area (Å²) < 4.78 is 32.1. The van der Waals surface area contributed by atoms with Gasteiger partial charge in [-0.05, 0) is 47.7 Å². The lowest BCUT2D eigenvalue weighted by molar-refractivity contribution is -0.121. The van der Waals surface area contributed by atoms with Gasteiger partial charge in [0, 0.05) is 13.1 Å². The molecule has 1 saturated heterocycles. The van der Waals surface area contributed by atoms with Crippen LogP contribution in [-0.4, -0.2) is 29.6 Å². The fourth-order valence-corrected chi connectivity index (χ4v) is 3.24. The third kappa shape index (κ3) is 4.36. The van der Waals surface area contributed by atoms with E-state index in [9.17, 15) is 13.6 Å². The summed E-state index contributed by atoms with van der Waals surface area (Å²) in [6.07, 6.45) is 6.85. The van der Waals surface area contributed by atoms with E-state index in [4.69, 9.17) is 11.2 Å². The third-order valence-corrected chi connectivity index (χ3v) is 4.69. The van der Waals surface area contributed by atoms with Crippen molar-refractivity contribution >= 4 is 34.6 Å². The molecule has 1 heterocycles. The van der Waals surface area contributed by atoms with Crippen LogP contribution >= 0.6 is 11.8 Å². The van der Waals surface area contributed by atoms with Gasteiger partial charge in [0.2, 0.25) is 0 Å². The zero-order chi connectivity index (χ0) is 19.4. The largest absolute Gasteiger partial charge is 0.481 e. The van der Waals surface area contributed by atoms with Crippen LogP contribution in [0.3, 0.4) is 0 Å². The number of amidine groups is 1. The molecule has 0 bridgehead atoms. The normalized spacial score (nSPS) is 16.8. The Labute approximate surface area is 159 Å². The molecule has 2 aromatic rings. The Kier molecular flexibility index (Phi) is 5.57. The first kappa shape index (κ1) is 18.7. The highest BCUT2D eigenvalue weighted by atomic mass is 32.2. The molecule has 136 valence electrons. The van der Waals surface area contributed by atoms with Gasteiger partial charge in [0.15, 0.2) is 11.0 Å². The molecule has 0 aromatic heterocycles. The minimum absolute atomic E-state index is 0.0326. The molecule has 4 nitrogen and oxygen atoms in total. The van der Waals surface area contributed by atoms with Gasteiger partial charge in [-0.25, -0.2) is 13.8 Å². The van der Waals surface area contributed by atoms with Gasteiger partial charge >= 0.3 is 0 Å². The SMILES string of the molecule is C#CCOc1ccc(/C=C2\SC(=Nc3ccc(F)cc3F)N(C)C2=O)cc1. The van der Waals surface area contributed by atoms with E-state index in [-0.39, 0.29) is 18.2 Å². The van der Waals surface area contributed by atoms with E-state index in [0.29, 0.717) is 15.8 Å². The van der Waals surface area contributed by atoms with E-state index < -0.39 is 11.6 Å². The number of rotatable bonds is 4. The van der Waals surface area contributed by atoms with Crippen molar-refractivity contribution in [3.8, 4) is 18.1 Å². The Morgan fingerprint density at radius 3 is 2.67 bits per heavy atom. The molecular weight excluding hydrogens is 370 g/mol. The molecule has 0 unspecified atom stereocenters. The highest BCUT2D eigenvalue weighted by Crippen LogP contribution is 2.33. The summed E-state index contributed by atoms with van der Waals surface area (Å²) in [5.74, 6) is 1.29. The maximum atomic E-state index is 13.8. The maximum absolute atomic E-state index is 13.8.